The first-order valence-corrected chi connectivity index (χ1v) is 8.87. The lowest BCUT2D eigenvalue weighted by molar-refractivity contribution is -0.141. The lowest BCUT2D eigenvalue weighted by Gasteiger charge is -2.35. The highest BCUT2D eigenvalue weighted by Crippen LogP contribution is 2.18. The number of imidazole rings is 1. The van der Waals surface area contributed by atoms with Crippen LogP contribution in [-0.2, 0) is 17.9 Å². The van der Waals surface area contributed by atoms with E-state index < -0.39 is 12.7 Å². The molecule has 3 heterocycles. The summed E-state index contributed by atoms with van der Waals surface area (Å²) >= 11 is 0. The van der Waals surface area contributed by atoms with E-state index in [-0.39, 0.29) is 24.8 Å². The van der Waals surface area contributed by atoms with Crippen molar-refractivity contribution in [3.05, 3.63) is 36.7 Å². The minimum absolute atomic E-state index is 0.0648. The topological polar surface area (TPSA) is 70.4 Å². The molecule has 0 aliphatic carbocycles. The normalized spacial score (nSPS) is 15.3. The van der Waals surface area contributed by atoms with Crippen LogP contribution in [0.15, 0.2) is 30.9 Å². The van der Waals surface area contributed by atoms with Crippen LogP contribution < -0.4 is 4.90 Å². The SMILES string of the molecule is CN(CC(=O)N1CCN(c2ncccn2)CC1)Cc1nccn1CC(F)(F)F. The van der Waals surface area contributed by atoms with Crippen molar-refractivity contribution in [1.82, 2.24) is 29.3 Å². The maximum atomic E-state index is 12.6. The number of likely N-dealkylation sites (N-methyl/N-ethyl adjacent to an activating group) is 1. The average Bonchev–Trinajstić information content (AvgIpc) is 3.07. The van der Waals surface area contributed by atoms with Crippen molar-refractivity contribution in [2.45, 2.75) is 19.3 Å². The van der Waals surface area contributed by atoms with Crippen molar-refractivity contribution in [3.8, 4) is 0 Å². The van der Waals surface area contributed by atoms with Crippen molar-refractivity contribution in [2.75, 3.05) is 44.7 Å². The van der Waals surface area contributed by atoms with Crippen LogP contribution in [0.2, 0.25) is 0 Å². The number of carbonyl (C=O) groups excluding carboxylic acids is 1. The molecule has 2 aromatic rings. The van der Waals surface area contributed by atoms with Crippen molar-refractivity contribution >= 4 is 11.9 Å². The number of hydrogen-bond donors (Lipinski definition) is 0. The van der Waals surface area contributed by atoms with Gasteiger partial charge in [0.1, 0.15) is 12.4 Å². The molecule has 28 heavy (non-hydrogen) atoms. The number of nitrogens with zero attached hydrogens (tertiary/aromatic N) is 7. The van der Waals surface area contributed by atoms with Gasteiger partial charge in [-0.1, -0.05) is 0 Å². The Labute approximate surface area is 160 Å². The Morgan fingerprint density at radius 1 is 1.11 bits per heavy atom. The number of piperazine rings is 1. The first kappa shape index (κ1) is 20.1. The number of rotatable bonds is 6. The lowest BCUT2D eigenvalue weighted by atomic mass is 10.3. The van der Waals surface area contributed by atoms with E-state index in [1.807, 2.05) is 4.90 Å². The number of hydrogen-bond acceptors (Lipinski definition) is 6. The van der Waals surface area contributed by atoms with Crippen LogP contribution in [0, 0.1) is 0 Å². The molecule has 0 spiro atoms. The van der Waals surface area contributed by atoms with E-state index >= 15 is 0 Å². The molecule has 1 aliphatic rings. The van der Waals surface area contributed by atoms with Crippen LogP contribution in [-0.4, -0.2) is 81.2 Å². The molecule has 0 unspecified atom stereocenters. The number of alkyl halides is 3. The molecular formula is C17H22F3N7O. The van der Waals surface area contributed by atoms with E-state index in [2.05, 4.69) is 15.0 Å². The maximum absolute atomic E-state index is 12.6. The predicted molar refractivity (Wildman–Crippen MR) is 95.4 cm³/mol. The van der Waals surface area contributed by atoms with Crippen LogP contribution in [0.5, 0.6) is 0 Å². The predicted octanol–water partition coefficient (Wildman–Crippen LogP) is 1.02. The second kappa shape index (κ2) is 8.55. The van der Waals surface area contributed by atoms with E-state index in [4.69, 9.17) is 0 Å². The summed E-state index contributed by atoms with van der Waals surface area (Å²) in [5.74, 6) is 0.854. The van der Waals surface area contributed by atoms with E-state index in [1.54, 1.807) is 35.3 Å². The smallest absolute Gasteiger partial charge is 0.338 e. The van der Waals surface area contributed by atoms with Gasteiger partial charge in [0.2, 0.25) is 11.9 Å². The molecule has 0 radical (unpaired) electrons. The summed E-state index contributed by atoms with van der Waals surface area (Å²) in [6, 6.07) is 1.75. The zero-order chi connectivity index (χ0) is 20.1. The standard InChI is InChI=1S/C17H22F3N7O/c1-24(11-14-21-5-6-27(14)13-17(18,19)20)12-15(28)25-7-9-26(10-8-25)16-22-3-2-4-23-16/h2-6H,7-13H2,1H3. The van der Waals surface area contributed by atoms with Gasteiger partial charge < -0.3 is 14.4 Å². The molecule has 3 rings (SSSR count). The minimum Gasteiger partial charge on any atom is -0.338 e. The zero-order valence-electron chi connectivity index (χ0n) is 15.5. The molecule has 0 aromatic carbocycles. The van der Waals surface area contributed by atoms with Gasteiger partial charge in [-0.3, -0.25) is 9.69 Å². The van der Waals surface area contributed by atoms with Gasteiger partial charge in [-0.2, -0.15) is 13.2 Å². The van der Waals surface area contributed by atoms with Crippen LogP contribution in [0.25, 0.3) is 0 Å². The van der Waals surface area contributed by atoms with Crippen LogP contribution in [0.4, 0.5) is 19.1 Å². The highest BCUT2D eigenvalue weighted by Gasteiger charge is 2.29. The fourth-order valence-corrected chi connectivity index (χ4v) is 3.07. The number of carbonyl (C=O) groups is 1. The van der Waals surface area contributed by atoms with Gasteiger partial charge in [0.25, 0.3) is 0 Å². The lowest BCUT2D eigenvalue weighted by Crippen LogP contribution is -2.51. The Bertz CT molecular complexity index is 773. The molecule has 152 valence electrons. The summed E-state index contributed by atoms with van der Waals surface area (Å²) in [6.45, 7) is 1.55. The number of aromatic nitrogens is 4. The fourth-order valence-electron chi connectivity index (χ4n) is 3.07. The zero-order valence-corrected chi connectivity index (χ0v) is 15.5. The van der Waals surface area contributed by atoms with Gasteiger partial charge in [0, 0.05) is 51.0 Å². The van der Waals surface area contributed by atoms with Crippen molar-refractivity contribution in [2.24, 2.45) is 0 Å². The van der Waals surface area contributed by atoms with Gasteiger partial charge in [0.15, 0.2) is 0 Å². The number of anilines is 1. The molecule has 0 N–H and O–H groups in total. The third-order valence-corrected chi connectivity index (χ3v) is 4.44. The third kappa shape index (κ3) is 5.41. The van der Waals surface area contributed by atoms with Crippen LogP contribution in [0.3, 0.4) is 0 Å². The molecular weight excluding hydrogens is 375 g/mol. The Kier molecular flexibility index (Phi) is 6.12. The van der Waals surface area contributed by atoms with Crippen LogP contribution in [0.1, 0.15) is 5.82 Å². The molecule has 1 fully saturated rings. The summed E-state index contributed by atoms with van der Waals surface area (Å²) in [6.07, 6.45) is 1.67. The summed E-state index contributed by atoms with van der Waals surface area (Å²) in [7, 11) is 1.69. The van der Waals surface area contributed by atoms with E-state index in [9.17, 15) is 18.0 Å². The van der Waals surface area contributed by atoms with Gasteiger partial charge in [-0.25, -0.2) is 15.0 Å². The third-order valence-electron chi connectivity index (χ3n) is 4.44. The van der Waals surface area contributed by atoms with Gasteiger partial charge >= 0.3 is 6.18 Å². The van der Waals surface area contributed by atoms with Crippen molar-refractivity contribution < 1.29 is 18.0 Å². The summed E-state index contributed by atoms with van der Waals surface area (Å²) in [5, 5.41) is 0. The molecule has 0 saturated carbocycles. The monoisotopic (exact) mass is 397 g/mol. The highest BCUT2D eigenvalue weighted by atomic mass is 19.4. The average molecular weight is 397 g/mol. The quantitative estimate of drug-likeness (QED) is 0.725. The Morgan fingerprint density at radius 3 is 2.43 bits per heavy atom. The molecule has 8 nitrogen and oxygen atoms in total. The summed E-state index contributed by atoms with van der Waals surface area (Å²) in [5.41, 5.74) is 0. The first-order chi connectivity index (χ1) is 13.3. The molecule has 0 atom stereocenters. The summed E-state index contributed by atoms with van der Waals surface area (Å²) < 4.78 is 38.9. The molecule has 0 bridgehead atoms. The van der Waals surface area contributed by atoms with E-state index in [1.165, 1.54) is 12.4 Å². The fraction of sp³-hybridized carbons (Fsp3) is 0.529. The number of amides is 1. The first-order valence-electron chi connectivity index (χ1n) is 8.87. The summed E-state index contributed by atoms with van der Waals surface area (Å²) in [4.78, 5) is 30.4. The minimum atomic E-state index is -4.31. The molecule has 11 heteroatoms. The van der Waals surface area contributed by atoms with Gasteiger partial charge in [-0.15, -0.1) is 0 Å². The Balaban J connectivity index is 1.48. The van der Waals surface area contributed by atoms with E-state index in [0.717, 1.165) is 4.57 Å². The highest BCUT2D eigenvalue weighted by molar-refractivity contribution is 5.78. The Hall–Kier alpha value is -2.69. The molecule has 1 amide bonds. The second-order valence-corrected chi connectivity index (χ2v) is 6.68. The van der Waals surface area contributed by atoms with Crippen molar-refractivity contribution in [1.29, 1.82) is 0 Å². The maximum Gasteiger partial charge on any atom is 0.406 e. The van der Waals surface area contributed by atoms with Crippen molar-refractivity contribution in [3.63, 3.8) is 0 Å². The molecule has 1 saturated heterocycles. The van der Waals surface area contributed by atoms with E-state index in [0.29, 0.717) is 32.1 Å². The molecule has 2 aromatic heterocycles. The second-order valence-electron chi connectivity index (χ2n) is 6.68. The van der Waals surface area contributed by atoms with Gasteiger partial charge in [0.05, 0.1) is 13.1 Å². The van der Waals surface area contributed by atoms with Gasteiger partial charge in [-0.05, 0) is 13.1 Å². The Morgan fingerprint density at radius 2 is 1.79 bits per heavy atom. The van der Waals surface area contributed by atoms with Crippen LogP contribution >= 0.6 is 0 Å². The number of halogens is 3. The molecule has 1 aliphatic heterocycles. The largest absolute Gasteiger partial charge is 0.406 e.